The molecule has 0 aromatic carbocycles. The Bertz CT molecular complexity index is 643. The molecule has 1 unspecified atom stereocenters. The van der Waals surface area contributed by atoms with E-state index >= 15 is 0 Å². The van der Waals surface area contributed by atoms with Crippen LogP contribution in [0.1, 0.15) is 102 Å². The van der Waals surface area contributed by atoms with Crippen LogP contribution in [0.3, 0.4) is 0 Å². The quantitative estimate of drug-likeness (QED) is 0.266. The van der Waals surface area contributed by atoms with Gasteiger partial charge in [-0.25, -0.2) is 0 Å². The summed E-state index contributed by atoms with van der Waals surface area (Å²) in [7, 11) is 0. The summed E-state index contributed by atoms with van der Waals surface area (Å²) >= 11 is 0. The Morgan fingerprint density at radius 2 is 1.12 bits per heavy atom. The van der Waals surface area contributed by atoms with Crippen molar-refractivity contribution in [1.29, 1.82) is 0 Å². The van der Waals surface area contributed by atoms with Gasteiger partial charge in [-0.1, -0.05) is 55.4 Å². The second-order valence-corrected chi connectivity index (χ2v) is 14.0. The van der Waals surface area contributed by atoms with Gasteiger partial charge in [-0.15, -0.1) is 0 Å². The van der Waals surface area contributed by atoms with E-state index in [4.69, 9.17) is 9.47 Å². The third-order valence-corrected chi connectivity index (χ3v) is 6.24. The van der Waals surface area contributed by atoms with Gasteiger partial charge in [-0.2, -0.15) is 0 Å². The maximum atomic E-state index is 11.6. The van der Waals surface area contributed by atoms with Gasteiger partial charge in [-0.05, 0) is 69.1 Å². The highest BCUT2D eigenvalue weighted by molar-refractivity contribution is 5.74. The summed E-state index contributed by atoms with van der Waals surface area (Å²) in [4.78, 5) is 23.1. The second kappa shape index (κ2) is 11.5. The fourth-order valence-electron chi connectivity index (χ4n) is 5.10. The topological polar surface area (TPSA) is 93.1 Å². The Morgan fingerprint density at radius 1 is 0.727 bits per heavy atom. The minimum absolute atomic E-state index is 0.128. The standard InChI is InChI=1S/C27H52O6/c1-19(2)13-25(7,8)20(33-18-24(5,6)16-27(11,12)22(30)31)14-32-17-23(3,4)15-26(9,10)21(28)29/h19-20H,13-18H2,1-12H3,(H,28,29)(H,30,31). The molecule has 0 aliphatic heterocycles. The van der Waals surface area contributed by atoms with E-state index in [2.05, 4.69) is 27.7 Å². The molecule has 0 saturated carbocycles. The minimum atomic E-state index is -0.826. The maximum Gasteiger partial charge on any atom is 0.309 e. The molecule has 0 rings (SSSR count). The molecule has 0 aliphatic rings. The molecule has 2 N–H and O–H groups in total. The number of hydrogen-bond donors (Lipinski definition) is 2. The van der Waals surface area contributed by atoms with E-state index in [1.54, 1.807) is 27.7 Å². The third-order valence-electron chi connectivity index (χ3n) is 6.24. The number of carbonyl (C=O) groups is 2. The first-order valence-electron chi connectivity index (χ1n) is 12.2. The highest BCUT2D eigenvalue weighted by atomic mass is 16.5. The monoisotopic (exact) mass is 472 g/mol. The molecule has 196 valence electrons. The summed E-state index contributed by atoms with van der Waals surface area (Å²) < 4.78 is 12.6. The summed E-state index contributed by atoms with van der Waals surface area (Å²) in [6, 6.07) is 0. The van der Waals surface area contributed by atoms with Crippen molar-refractivity contribution in [2.24, 2.45) is 33.0 Å². The van der Waals surface area contributed by atoms with Gasteiger partial charge in [0.15, 0.2) is 0 Å². The highest BCUT2D eigenvalue weighted by Crippen LogP contribution is 2.38. The van der Waals surface area contributed by atoms with Crippen LogP contribution in [0, 0.1) is 33.0 Å². The van der Waals surface area contributed by atoms with E-state index < -0.39 is 22.8 Å². The Morgan fingerprint density at radius 3 is 1.48 bits per heavy atom. The van der Waals surface area contributed by atoms with Crippen LogP contribution in [0.5, 0.6) is 0 Å². The average molecular weight is 473 g/mol. The molecule has 33 heavy (non-hydrogen) atoms. The third kappa shape index (κ3) is 11.7. The van der Waals surface area contributed by atoms with Crippen molar-refractivity contribution in [3.63, 3.8) is 0 Å². The fraction of sp³-hybridized carbons (Fsp3) is 0.926. The average Bonchev–Trinajstić information content (AvgIpc) is 2.54. The zero-order valence-electron chi connectivity index (χ0n) is 23.4. The van der Waals surface area contributed by atoms with E-state index in [1.165, 1.54) is 0 Å². The summed E-state index contributed by atoms with van der Waals surface area (Å²) in [5, 5.41) is 19.0. The first-order chi connectivity index (χ1) is 14.5. The SMILES string of the molecule is CC(C)CC(C)(C)C(COCC(C)(C)CC(C)(C)C(=O)O)OCC(C)(C)CC(C)(C)C(=O)O. The zero-order valence-corrected chi connectivity index (χ0v) is 23.4. The van der Waals surface area contributed by atoms with Gasteiger partial charge in [0.1, 0.15) is 0 Å². The normalized spacial score (nSPS) is 15.1. The van der Waals surface area contributed by atoms with Crippen molar-refractivity contribution >= 4 is 11.9 Å². The number of hydrogen-bond acceptors (Lipinski definition) is 4. The number of aliphatic carboxylic acids is 2. The maximum absolute atomic E-state index is 11.6. The first-order valence-corrected chi connectivity index (χ1v) is 12.2. The van der Waals surface area contributed by atoms with Crippen LogP contribution in [0.25, 0.3) is 0 Å². The lowest BCUT2D eigenvalue weighted by molar-refractivity contribution is -0.152. The van der Waals surface area contributed by atoms with Crippen LogP contribution in [-0.2, 0) is 19.1 Å². The summed E-state index contributed by atoms with van der Waals surface area (Å²) in [5.74, 6) is -1.11. The van der Waals surface area contributed by atoms with Crippen molar-refractivity contribution in [2.75, 3.05) is 19.8 Å². The largest absolute Gasteiger partial charge is 0.481 e. The van der Waals surface area contributed by atoms with Gasteiger partial charge >= 0.3 is 11.9 Å². The van der Waals surface area contributed by atoms with Crippen LogP contribution < -0.4 is 0 Å². The Labute approximate surface area is 202 Å². The lowest BCUT2D eigenvalue weighted by atomic mass is 9.75. The Hall–Kier alpha value is -1.14. The number of rotatable bonds is 16. The summed E-state index contributed by atoms with van der Waals surface area (Å²) in [5.41, 5.74) is -2.37. The lowest BCUT2D eigenvalue weighted by Gasteiger charge is -2.39. The van der Waals surface area contributed by atoms with Gasteiger partial charge in [0, 0.05) is 0 Å². The zero-order chi connectivity index (χ0) is 26.5. The molecule has 0 aromatic heterocycles. The second-order valence-electron chi connectivity index (χ2n) is 14.0. The van der Waals surface area contributed by atoms with Gasteiger partial charge in [-0.3, -0.25) is 9.59 Å². The van der Waals surface area contributed by atoms with Gasteiger partial charge in [0.25, 0.3) is 0 Å². The van der Waals surface area contributed by atoms with Crippen LogP contribution in [0.2, 0.25) is 0 Å². The molecule has 0 saturated heterocycles. The van der Waals surface area contributed by atoms with Crippen molar-refractivity contribution in [2.45, 2.75) is 108 Å². The van der Waals surface area contributed by atoms with E-state index in [1.807, 2.05) is 27.7 Å². The smallest absolute Gasteiger partial charge is 0.309 e. The molecule has 0 radical (unpaired) electrons. The predicted octanol–water partition coefficient (Wildman–Crippen LogP) is 6.51. The van der Waals surface area contributed by atoms with E-state index in [0.29, 0.717) is 38.6 Å². The molecule has 0 heterocycles. The van der Waals surface area contributed by atoms with Crippen LogP contribution in [0.15, 0.2) is 0 Å². The van der Waals surface area contributed by atoms with E-state index in [-0.39, 0.29) is 22.3 Å². The number of ether oxygens (including phenoxy) is 2. The fourth-order valence-corrected chi connectivity index (χ4v) is 5.10. The van der Waals surface area contributed by atoms with E-state index in [0.717, 1.165) is 6.42 Å². The highest BCUT2D eigenvalue weighted by Gasteiger charge is 2.38. The molecule has 1 atom stereocenters. The molecular weight excluding hydrogens is 420 g/mol. The molecule has 0 fully saturated rings. The number of carboxylic acids is 2. The van der Waals surface area contributed by atoms with Crippen LogP contribution in [-0.4, -0.2) is 48.1 Å². The lowest BCUT2D eigenvalue weighted by Crippen LogP contribution is -2.41. The predicted molar refractivity (Wildman–Crippen MR) is 133 cm³/mol. The van der Waals surface area contributed by atoms with Gasteiger partial charge < -0.3 is 19.7 Å². The molecular formula is C27H52O6. The molecule has 6 nitrogen and oxygen atoms in total. The van der Waals surface area contributed by atoms with Crippen molar-refractivity contribution in [1.82, 2.24) is 0 Å². The summed E-state index contributed by atoms with van der Waals surface area (Å²) in [6.45, 7) is 25.2. The molecule has 0 bridgehead atoms. The first kappa shape index (κ1) is 31.9. The summed E-state index contributed by atoms with van der Waals surface area (Å²) in [6.07, 6.45) is 1.82. The molecule has 0 spiro atoms. The van der Waals surface area contributed by atoms with Gasteiger partial charge in [0.2, 0.25) is 0 Å². The van der Waals surface area contributed by atoms with Crippen molar-refractivity contribution < 1.29 is 29.3 Å². The van der Waals surface area contributed by atoms with Crippen LogP contribution in [0.4, 0.5) is 0 Å². The molecule has 0 amide bonds. The molecule has 0 aromatic rings. The Kier molecular flexibility index (Phi) is 11.1. The Balaban J connectivity index is 5.31. The van der Waals surface area contributed by atoms with Crippen LogP contribution >= 0.6 is 0 Å². The number of carboxylic acid groups (broad SMARTS) is 2. The van der Waals surface area contributed by atoms with Crippen molar-refractivity contribution in [3.8, 4) is 0 Å². The minimum Gasteiger partial charge on any atom is -0.481 e. The van der Waals surface area contributed by atoms with Crippen molar-refractivity contribution in [3.05, 3.63) is 0 Å². The molecule has 0 aliphatic carbocycles. The molecule has 6 heteroatoms. The van der Waals surface area contributed by atoms with E-state index in [9.17, 15) is 19.8 Å². The van der Waals surface area contributed by atoms with Gasteiger partial charge in [0.05, 0.1) is 36.8 Å².